The molecular formula is C17H17N3O4S. The minimum atomic E-state index is -3.91. The maximum absolute atomic E-state index is 12.4. The number of hydrogen-bond acceptors (Lipinski definition) is 5. The van der Waals surface area contributed by atoms with Crippen molar-refractivity contribution in [2.24, 2.45) is 0 Å². The summed E-state index contributed by atoms with van der Waals surface area (Å²) in [6, 6.07) is 13.0. The number of amides is 1. The van der Waals surface area contributed by atoms with E-state index in [1.165, 1.54) is 19.2 Å². The molecule has 0 saturated carbocycles. The van der Waals surface area contributed by atoms with Gasteiger partial charge in [-0.05, 0) is 42.8 Å². The third-order valence-corrected chi connectivity index (χ3v) is 4.73. The van der Waals surface area contributed by atoms with Gasteiger partial charge in [0.25, 0.3) is 0 Å². The van der Waals surface area contributed by atoms with Crippen LogP contribution >= 0.6 is 0 Å². The lowest BCUT2D eigenvalue weighted by molar-refractivity contribution is -0.115. The number of carbonyl (C=O) groups excluding carboxylic acids is 1. The molecule has 2 aromatic carbocycles. The summed E-state index contributed by atoms with van der Waals surface area (Å²) >= 11 is 0. The van der Waals surface area contributed by atoms with Crippen LogP contribution in [0, 0.1) is 18.3 Å². The fourth-order valence-corrected chi connectivity index (χ4v) is 3.34. The topological polar surface area (TPSA) is 108 Å². The Morgan fingerprint density at radius 1 is 1.24 bits per heavy atom. The Morgan fingerprint density at radius 3 is 2.68 bits per heavy atom. The molecule has 130 valence electrons. The van der Waals surface area contributed by atoms with Crippen molar-refractivity contribution < 1.29 is 17.9 Å². The number of ether oxygens (including phenoxy) is 1. The fraction of sp³-hybridized carbons (Fsp3) is 0.176. The first-order valence-corrected chi connectivity index (χ1v) is 8.78. The zero-order valence-corrected chi connectivity index (χ0v) is 14.6. The van der Waals surface area contributed by atoms with E-state index in [1.54, 1.807) is 37.3 Å². The summed E-state index contributed by atoms with van der Waals surface area (Å²) < 4.78 is 32.1. The fourth-order valence-electron chi connectivity index (χ4n) is 2.10. The van der Waals surface area contributed by atoms with Crippen LogP contribution in [-0.2, 0) is 14.8 Å². The monoisotopic (exact) mass is 359 g/mol. The van der Waals surface area contributed by atoms with Crippen molar-refractivity contribution >= 4 is 21.6 Å². The zero-order valence-electron chi connectivity index (χ0n) is 13.7. The van der Waals surface area contributed by atoms with Crippen LogP contribution in [0.25, 0.3) is 0 Å². The summed E-state index contributed by atoms with van der Waals surface area (Å²) in [5.41, 5.74) is 1.55. The first kappa shape index (κ1) is 18.4. The van der Waals surface area contributed by atoms with E-state index < -0.39 is 22.5 Å². The Hall–Kier alpha value is -2.89. The van der Waals surface area contributed by atoms with Crippen LogP contribution in [0.4, 0.5) is 5.69 Å². The number of hydrogen-bond donors (Lipinski definition) is 2. The Bertz CT molecular complexity index is 933. The van der Waals surface area contributed by atoms with E-state index in [-0.39, 0.29) is 10.6 Å². The average Bonchev–Trinajstić information content (AvgIpc) is 2.60. The van der Waals surface area contributed by atoms with Crippen LogP contribution < -0.4 is 14.8 Å². The van der Waals surface area contributed by atoms with Gasteiger partial charge in [0.1, 0.15) is 10.6 Å². The highest BCUT2D eigenvalue weighted by Gasteiger charge is 2.20. The number of sulfonamides is 1. The largest absolute Gasteiger partial charge is 0.495 e. The van der Waals surface area contributed by atoms with Crippen LogP contribution in [0.3, 0.4) is 0 Å². The second-order valence-corrected chi connectivity index (χ2v) is 6.96. The van der Waals surface area contributed by atoms with E-state index >= 15 is 0 Å². The van der Waals surface area contributed by atoms with Gasteiger partial charge in [0.2, 0.25) is 15.9 Å². The number of aryl methyl sites for hydroxylation is 1. The summed E-state index contributed by atoms with van der Waals surface area (Å²) in [5.74, 6) is -0.356. The van der Waals surface area contributed by atoms with E-state index in [4.69, 9.17) is 10.00 Å². The van der Waals surface area contributed by atoms with Crippen LogP contribution in [0.15, 0.2) is 47.4 Å². The molecule has 0 radical (unpaired) electrons. The predicted molar refractivity (Wildman–Crippen MR) is 92.7 cm³/mol. The van der Waals surface area contributed by atoms with Gasteiger partial charge in [-0.3, -0.25) is 4.79 Å². The molecule has 0 heterocycles. The second-order valence-electron chi connectivity index (χ2n) is 5.22. The van der Waals surface area contributed by atoms with Crippen LogP contribution in [0.1, 0.15) is 11.1 Å². The lowest BCUT2D eigenvalue weighted by Gasteiger charge is -2.11. The molecule has 0 spiro atoms. The van der Waals surface area contributed by atoms with Crippen molar-refractivity contribution in [3.63, 3.8) is 0 Å². The standard InChI is InChI=1S/C17H17N3O4S/c1-12-6-7-15(24-2)16(8-12)25(22,23)19-11-17(21)20-14-5-3-4-13(9-14)10-18/h3-9,19H,11H2,1-2H3,(H,20,21). The lowest BCUT2D eigenvalue weighted by Crippen LogP contribution is -2.33. The molecule has 2 N–H and O–H groups in total. The predicted octanol–water partition coefficient (Wildman–Crippen LogP) is 1.79. The van der Waals surface area contributed by atoms with Gasteiger partial charge in [-0.15, -0.1) is 0 Å². The molecule has 2 aromatic rings. The first-order valence-electron chi connectivity index (χ1n) is 7.30. The smallest absolute Gasteiger partial charge is 0.244 e. The van der Waals surface area contributed by atoms with E-state index in [9.17, 15) is 13.2 Å². The Labute approximate surface area is 146 Å². The van der Waals surface area contributed by atoms with Gasteiger partial charge in [0, 0.05) is 5.69 Å². The zero-order chi connectivity index (χ0) is 18.4. The average molecular weight is 359 g/mol. The molecule has 0 aliphatic rings. The molecule has 25 heavy (non-hydrogen) atoms. The molecule has 0 fully saturated rings. The molecule has 0 unspecified atom stereocenters. The maximum Gasteiger partial charge on any atom is 0.244 e. The van der Waals surface area contributed by atoms with Gasteiger partial charge in [-0.2, -0.15) is 5.26 Å². The van der Waals surface area contributed by atoms with Crippen molar-refractivity contribution in [3.05, 3.63) is 53.6 Å². The van der Waals surface area contributed by atoms with E-state index in [1.807, 2.05) is 6.07 Å². The number of benzene rings is 2. The van der Waals surface area contributed by atoms with Gasteiger partial charge in [-0.25, -0.2) is 13.1 Å². The Morgan fingerprint density at radius 2 is 2.00 bits per heavy atom. The third kappa shape index (κ3) is 4.79. The number of methoxy groups -OCH3 is 1. The summed E-state index contributed by atoms with van der Waals surface area (Å²) in [6.07, 6.45) is 0. The van der Waals surface area contributed by atoms with Crippen molar-refractivity contribution in [1.29, 1.82) is 5.26 Å². The number of rotatable bonds is 6. The number of nitrogens with zero attached hydrogens (tertiary/aromatic N) is 1. The van der Waals surface area contributed by atoms with Crippen LogP contribution in [-0.4, -0.2) is 28.0 Å². The highest BCUT2D eigenvalue weighted by molar-refractivity contribution is 7.89. The molecule has 1 amide bonds. The Kier molecular flexibility index (Phi) is 5.75. The molecule has 0 atom stereocenters. The molecule has 0 saturated heterocycles. The van der Waals surface area contributed by atoms with Crippen LogP contribution in [0.2, 0.25) is 0 Å². The maximum atomic E-state index is 12.4. The van der Waals surface area contributed by atoms with Crippen molar-refractivity contribution in [1.82, 2.24) is 4.72 Å². The molecular weight excluding hydrogens is 342 g/mol. The lowest BCUT2D eigenvalue weighted by atomic mass is 10.2. The van der Waals surface area contributed by atoms with E-state index in [2.05, 4.69) is 10.0 Å². The van der Waals surface area contributed by atoms with Gasteiger partial charge in [-0.1, -0.05) is 12.1 Å². The molecule has 8 heteroatoms. The quantitative estimate of drug-likeness (QED) is 0.817. The highest BCUT2D eigenvalue weighted by Crippen LogP contribution is 2.24. The molecule has 0 aliphatic heterocycles. The van der Waals surface area contributed by atoms with Crippen LogP contribution in [0.5, 0.6) is 5.75 Å². The number of anilines is 1. The SMILES string of the molecule is COc1ccc(C)cc1S(=O)(=O)NCC(=O)Nc1cccc(C#N)c1. The van der Waals surface area contributed by atoms with Crippen molar-refractivity contribution in [2.75, 3.05) is 19.0 Å². The number of carbonyl (C=O) groups is 1. The third-order valence-electron chi connectivity index (χ3n) is 3.31. The molecule has 0 aliphatic carbocycles. The summed E-state index contributed by atoms with van der Waals surface area (Å²) in [7, 11) is -2.54. The summed E-state index contributed by atoms with van der Waals surface area (Å²) in [4.78, 5) is 11.9. The molecule has 0 aromatic heterocycles. The summed E-state index contributed by atoms with van der Waals surface area (Å²) in [6.45, 7) is 1.31. The second kappa shape index (κ2) is 7.79. The summed E-state index contributed by atoms with van der Waals surface area (Å²) in [5, 5.41) is 11.4. The van der Waals surface area contributed by atoms with Crippen molar-refractivity contribution in [3.8, 4) is 11.8 Å². The normalized spacial score (nSPS) is 10.8. The molecule has 2 rings (SSSR count). The first-order chi connectivity index (χ1) is 11.9. The van der Waals surface area contributed by atoms with Gasteiger partial charge >= 0.3 is 0 Å². The minimum absolute atomic E-state index is 0.0331. The molecule has 0 bridgehead atoms. The molecule has 7 nitrogen and oxygen atoms in total. The van der Waals surface area contributed by atoms with Gasteiger partial charge in [0.05, 0.1) is 25.3 Å². The van der Waals surface area contributed by atoms with Gasteiger partial charge < -0.3 is 10.1 Å². The highest BCUT2D eigenvalue weighted by atomic mass is 32.2. The Balaban J connectivity index is 2.08. The van der Waals surface area contributed by atoms with E-state index in [0.29, 0.717) is 11.3 Å². The van der Waals surface area contributed by atoms with E-state index in [0.717, 1.165) is 5.56 Å². The number of nitriles is 1. The number of nitrogens with one attached hydrogen (secondary N) is 2. The van der Waals surface area contributed by atoms with Crippen molar-refractivity contribution in [2.45, 2.75) is 11.8 Å². The minimum Gasteiger partial charge on any atom is -0.495 e. The van der Waals surface area contributed by atoms with Gasteiger partial charge in [0.15, 0.2) is 0 Å².